The minimum atomic E-state index is -0.799. The minimum absolute atomic E-state index is 0.0196. The lowest BCUT2D eigenvalue weighted by molar-refractivity contribution is -0.140. The molecule has 1 aromatic heterocycles. The van der Waals surface area contributed by atoms with Crippen molar-refractivity contribution in [1.29, 1.82) is 0 Å². The Morgan fingerprint density at radius 2 is 1.67 bits per heavy atom. The second-order valence-corrected chi connectivity index (χ2v) is 12.5. The van der Waals surface area contributed by atoms with Gasteiger partial charge in [0.2, 0.25) is 17.7 Å². The Labute approximate surface area is 281 Å². The van der Waals surface area contributed by atoms with Gasteiger partial charge >= 0.3 is 6.09 Å². The Morgan fingerprint density at radius 3 is 2.33 bits per heavy atom. The van der Waals surface area contributed by atoms with Gasteiger partial charge in [-0.2, -0.15) is 5.10 Å². The molecule has 14 nitrogen and oxygen atoms in total. The third kappa shape index (κ3) is 8.45. The van der Waals surface area contributed by atoms with Crippen molar-refractivity contribution in [3.05, 3.63) is 42.1 Å². The molecule has 5 rings (SSSR count). The number of rotatable bonds is 13. The van der Waals surface area contributed by atoms with E-state index in [0.29, 0.717) is 57.9 Å². The van der Waals surface area contributed by atoms with Crippen LogP contribution in [-0.2, 0) is 19.1 Å². The van der Waals surface area contributed by atoms with Crippen LogP contribution in [-0.4, -0.2) is 118 Å². The van der Waals surface area contributed by atoms with E-state index in [-0.39, 0.29) is 48.0 Å². The number of hydrogen-bond donors (Lipinski definition) is 2. The first kappa shape index (κ1) is 34.7. The quantitative estimate of drug-likeness (QED) is 0.310. The molecule has 2 saturated heterocycles. The largest absolute Gasteiger partial charge is 0.467 e. The summed E-state index contributed by atoms with van der Waals surface area (Å²) in [7, 11) is 0. The summed E-state index contributed by atoms with van der Waals surface area (Å²) in [6.45, 7) is 5.73. The van der Waals surface area contributed by atoms with E-state index in [1.807, 2.05) is 32.0 Å². The normalized spacial score (nSPS) is 18.5. The molecule has 2 N–H and O–H groups in total. The van der Waals surface area contributed by atoms with Crippen LogP contribution in [0.15, 0.2) is 36.4 Å². The SMILES string of the molecule is CCCCOC(=O)N1CCN(C(=O)C(CC)NC(=O)c2cc(OCC(=O)N3CCCC3C(=O)NC3CCC3)n(-c3ccccc3)n2)CC1. The number of amides is 5. The molecule has 1 aliphatic carbocycles. The molecule has 260 valence electrons. The van der Waals surface area contributed by atoms with E-state index in [1.165, 1.54) is 10.7 Å². The standard InChI is InChI=1S/C34H47N7O7/c1-3-5-21-47-34(46)39-19-17-38(18-20-39)33(45)26(4-2)36-31(43)27-22-30(41(37-27)25-13-7-6-8-14-25)48-23-29(42)40-16-10-15-28(40)32(44)35-24-11-9-12-24/h6-8,13-14,22,24,26,28H,3-5,9-12,15-21,23H2,1-2H3,(H,35,44)(H,36,43). The average Bonchev–Trinajstić information content (AvgIpc) is 3.76. The molecule has 1 aromatic carbocycles. The summed E-state index contributed by atoms with van der Waals surface area (Å²) in [6.07, 6.45) is 6.09. The number of carbonyl (C=O) groups excluding carboxylic acids is 5. The smallest absolute Gasteiger partial charge is 0.409 e. The van der Waals surface area contributed by atoms with Crippen LogP contribution in [0.1, 0.15) is 75.7 Å². The Hall–Kier alpha value is -4.62. The van der Waals surface area contributed by atoms with Crippen LogP contribution in [0.2, 0.25) is 0 Å². The number of benzene rings is 1. The predicted molar refractivity (Wildman–Crippen MR) is 176 cm³/mol. The van der Waals surface area contributed by atoms with E-state index >= 15 is 0 Å². The third-order valence-corrected chi connectivity index (χ3v) is 9.17. The van der Waals surface area contributed by atoms with Crippen molar-refractivity contribution in [2.45, 2.75) is 83.3 Å². The summed E-state index contributed by atoms with van der Waals surface area (Å²) < 4.78 is 12.7. The molecule has 14 heteroatoms. The maximum atomic E-state index is 13.4. The highest BCUT2D eigenvalue weighted by Gasteiger charge is 2.36. The molecule has 0 radical (unpaired) electrons. The first-order valence-corrected chi connectivity index (χ1v) is 17.2. The molecule has 0 spiro atoms. The van der Waals surface area contributed by atoms with Gasteiger partial charge in [-0.15, -0.1) is 0 Å². The lowest BCUT2D eigenvalue weighted by atomic mass is 9.93. The zero-order valence-corrected chi connectivity index (χ0v) is 27.9. The zero-order valence-electron chi connectivity index (χ0n) is 27.9. The number of unbranched alkanes of at least 4 members (excludes halogenated alkanes) is 1. The molecule has 3 aliphatic rings. The number of nitrogens with one attached hydrogen (secondary N) is 2. The minimum Gasteiger partial charge on any atom is -0.467 e. The van der Waals surface area contributed by atoms with Crippen LogP contribution in [0.4, 0.5) is 4.79 Å². The van der Waals surface area contributed by atoms with E-state index in [9.17, 15) is 24.0 Å². The number of para-hydroxylation sites is 1. The Balaban J connectivity index is 1.21. The van der Waals surface area contributed by atoms with Gasteiger partial charge in [0.25, 0.3) is 11.8 Å². The number of piperazine rings is 1. The summed E-state index contributed by atoms with van der Waals surface area (Å²) >= 11 is 0. The lowest BCUT2D eigenvalue weighted by Crippen LogP contribution is -2.55. The second-order valence-electron chi connectivity index (χ2n) is 12.5. The highest BCUT2D eigenvalue weighted by atomic mass is 16.6. The van der Waals surface area contributed by atoms with Gasteiger partial charge in [0.15, 0.2) is 12.3 Å². The number of likely N-dealkylation sites (tertiary alicyclic amines) is 1. The van der Waals surface area contributed by atoms with Crippen LogP contribution in [0.3, 0.4) is 0 Å². The van der Waals surface area contributed by atoms with Gasteiger partial charge in [-0.25, -0.2) is 9.48 Å². The van der Waals surface area contributed by atoms with E-state index in [2.05, 4.69) is 15.7 Å². The van der Waals surface area contributed by atoms with Gasteiger partial charge in [0, 0.05) is 44.8 Å². The molecule has 5 amide bonds. The molecule has 2 unspecified atom stereocenters. The third-order valence-electron chi connectivity index (χ3n) is 9.17. The van der Waals surface area contributed by atoms with Crippen LogP contribution < -0.4 is 15.4 Å². The molecule has 3 fully saturated rings. The molecular formula is C34H47N7O7. The molecule has 2 aliphatic heterocycles. The summed E-state index contributed by atoms with van der Waals surface area (Å²) in [5.74, 6) is -1.07. The van der Waals surface area contributed by atoms with E-state index < -0.39 is 18.0 Å². The summed E-state index contributed by atoms with van der Waals surface area (Å²) in [4.78, 5) is 70.0. The number of carbonyl (C=O) groups is 5. The second kappa shape index (κ2) is 16.5. The van der Waals surface area contributed by atoms with Crippen molar-refractivity contribution in [3.8, 4) is 11.6 Å². The molecule has 0 bridgehead atoms. The van der Waals surface area contributed by atoms with Crippen molar-refractivity contribution >= 4 is 29.7 Å². The molecule has 3 heterocycles. The predicted octanol–water partition coefficient (Wildman–Crippen LogP) is 2.50. The van der Waals surface area contributed by atoms with E-state index in [0.717, 1.165) is 38.5 Å². The Bertz CT molecular complexity index is 1440. The maximum absolute atomic E-state index is 13.4. The van der Waals surface area contributed by atoms with E-state index in [4.69, 9.17) is 9.47 Å². The van der Waals surface area contributed by atoms with Crippen LogP contribution >= 0.6 is 0 Å². The fourth-order valence-electron chi connectivity index (χ4n) is 6.03. The van der Waals surface area contributed by atoms with Gasteiger partial charge in [0.05, 0.1) is 12.3 Å². The zero-order chi connectivity index (χ0) is 34.0. The fraction of sp³-hybridized carbons (Fsp3) is 0.588. The van der Waals surface area contributed by atoms with Crippen molar-refractivity contribution < 1.29 is 33.4 Å². The average molecular weight is 666 g/mol. The highest BCUT2D eigenvalue weighted by molar-refractivity contribution is 5.96. The van der Waals surface area contributed by atoms with Gasteiger partial charge in [0.1, 0.15) is 12.1 Å². The van der Waals surface area contributed by atoms with Crippen molar-refractivity contribution in [1.82, 2.24) is 35.1 Å². The fourth-order valence-corrected chi connectivity index (χ4v) is 6.03. The molecule has 2 aromatic rings. The van der Waals surface area contributed by atoms with Gasteiger partial charge < -0.3 is 34.8 Å². The Kier molecular flexibility index (Phi) is 11.9. The monoisotopic (exact) mass is 665 g/mol. The molecular weight excluding hydrogens is 618 g/mol. The Morgan fingerprint density at radius 1 is 0.938 bits per heavy atom. The number of aromatic nitrogens is 2. The maximum Gasteiger partial charge on any atom is 0.409 e. The van der Waals surface area contributed by atoms with Crippen LogP contribution in [0.25, 0.3) is 5.69 Å². The van der Waals surface area contributed by atoms with Crippen LogP contribution in [0.5, 0.6) is 5.88 Å². The first-order valence-electron chi connectivity index (χ1n) is 17.2. The summed E-state index contributed by atoms with van der Waals surface area (Å²) in [6, 6.07) is 9.38. The highest BCUT2D eigenvalue weighted by Crippen LogP contribution is 2.24. The van der Waals surface area contributed by atoms with Gasteiger partial charge in [-0.3, -0.25) is 19.2 Å². The van der Waals surface area contributed by atoms with Crippen molar-refractivity contribution in [2.24, 2.45) is 0 Å². The molecule has 1 saturated carbocycles. The number of ether oxygens (including phenoxy) is 2. The van der Waals surface area contributed by atoms with Crippen molar-refractivity contribution in [3.63, 3.8) is 0 Å². The van der Waals surface area contributed by atoms with E-state index in [1.54, 1.807) is 26.8 Å². The first-order chi connectivity index (χ1) is 23.3. The topological polar surface area (TPSA) is 155 Å². The van der Waals surface area contributed by atoms with Crippen molar-refractivity contribution in [2.75, 3.05) is 45.9 Å². The molecule has 48 heavy (non-hydrogen) atoms. The molecule has 2 atom stereocenters. The van der Waals surface area contributed by atoms with Gasteiger partial charge in [-0.05, 0) is 57.1 Å². The summed E-state index contributed by atoms with van der Waals surface area (Å²) in [5, 5.41) is 10.3. The van der Waals surface area contributed by atoms with Gasteiger partial charge in [-0.1, -0.05) is 38.5 Å². The number of nitrogens with zero attached hydrogens (tertiary/aromatic N) is 5. The van der Waals surface area contributed by atoms with Crippen LogP contribution in [0, 0.1) is 0 Å². The lowest BCUT2D eigenvalue weighted by Gasteiger charge is -2.35. The summed E-state index contributed by atoms with van der Waals surface area (Å²) in [5.41, 5.74) is 0.637. The number of hydrogen-bond acceptors (Lipinski definition) is 8.